The Hall–Kier alpha value is -2.40. The van der Waals surface area contributed by atoms with Gasteiger partial charge in [0, 0.05) is 12.6 Å². The maximum atomic E-state index is 12.9. The fourth-order valence-electron chi connectivity index (χ4n) is 2.25. The van der Waals surface area contributed by atoms with E-state index in [1.165, 1.54) is 36.0 Å². The molecule has 3 nitrogen and oxygen atoms in total. The van der Waals surface area contributed by atoms with Gasteiger partial charge in [-0.3, -0.25) is 4.79 Å². The van der Waals surface area contributed by atoms with E-state index in [-0.39, 0.29) is 17.4 Å². The summed E-state index contributed by atoms with van der Waals surface area (Å²) in [5.74, 6) is -0.116. The number of Topliss-reactive ketones (excluding diaryl/α,β-unsaturated/α-hetero) is 1. The number of rotatable bonds is 5. The number of benzene rings is 2. The number of nitrogens with zero attached hydrogens (tertiary/aromatic N) is 2. The Balaban J connectivity index is 1.71. The molecule has 0 radical (unpaired) electrons. The van der Waals surface area contributed by atoms with E-state index in [9.17, 15) is 9.18 Å². The van der Waals surface area contributed by atoms with Crippen molar-refractivity contribution >= 4 is 17.5 Å². The molecule has 0 aliphatic rings. The average molecular weight is 326 g/mol. The zero-order chi connectivity index (χ0) is 16.2. The van der Waals surface area contributed by atoms with Crippen LogP contribution < -0.4 is 0 Å². The molecule has 5 heteroatoms. The van der Waals surface area contributed by atoms with Gasteiger partial charge in [0.2, 0.25) is 0 Å². The van der Waals surface area contributed by atoms with Gasteiger partial charge in [-0.1, -0.05) is 42.1 Å². The molecule has 0 spiro atoms. The largest absolute Gasteiger partial charge is 0.322 e. The number of carbonyl (C=O) groups excluding carboxylic acids is 1. The van der Waals surface area contributed by atoms with Crippen LogP contribution in [0.1, 0.15) is 10.4 Å². The first-order chi connectivity index (χ1) is 11.1. The SMILES string of the molecule is Cn1c(-c2ccccc2)cnc1SCC(=O)c1ccc(F)cc1. The molecule has 0 aliphatic heterocycles. The predicted molar refractivity (Wildman–Crippen MR) is 90.1 cm³/mol. The number of imidazole rings is 1. The summed E-state index contributed by atoms with van der Waals surface area (Å²) in [6.07, 6.45) is 1.81. The summed E-state index contributed by atoms with van der Waals surface area (Å²) in [6, 6.07) is 15.6. The molecule has 0 atom stereocenters. The highest BCUT2D eigenvalue weighted by Gasteiger charge is 2.12. The second kappa shape index (κ2) is 6.79. The lowest BCUT2D eigenvalue weighted by atomic mass is 10.1. The van der Waals surface area contributed by atoms with Crippen LogP contribution in [0.15, 0.2) is 66.0 Å². The van der Waals surface area contributed by atoms with Gasteiger partial charge in [0.1, 0.15) is 5.82 Å². The minimum atomic E-state index is -0.342. The highest BCUT2D eigenvalue weighted by molar-refractivity contribution is 7.99. The van der Waals surface area contributed by atoms with Crippen molar-refractivity contribution in [1.29, 1.82) is 0 Å². The highest BCUT2D eigenvalue weighted by atomic mass is 32.2. The van der Waals surface area contributed by atoms with Crippen LogP contribution >= 0.6 is 11.8 Å². The van der Waals surface area contributed by atoms with Gasteiger partial charge in [0.15, 0.2) is 10.9 Å². The summed E-state index contributed by atoms with van der Waals surface area (Å²) in [5.41, 5.74) is 2.60. The van der Waals surface area contributed by atoms with Gasteiger partial charge in [-0.05, 0) is 29.8 Å². The van der Waals surface area contributed by atoms with Crippen LogP contribution in [-0.2, 0) is 7.05 Å². The first kappa shape index (κ1) is 15.5. The molecule has 1 heterocycles. The van der Waals surface area contributed by atoms with E-state index < -0.39 is 0 Å². The van der Waals surface area contributed by atoms with Gasteiger partial charge < -0.3 is 4.57 Å². The van der Waals surface area contributed by atoms with E-state index in [1.54, 1.807) is 6.20 Å². The van der Waals surface area contributed by atoms with Crippen molar-refractivity contribution in [1.82, 2.24) is 9.55 Å². The predicted octanol–water partition coefficient (Wildman–Crippen LogP) is 4.20. The Morgan fingerprint density at radius 1 is 1.13 bits per heavy atom. The third-order valence-corrected chi connectivity index (χ3v) is 4.56. The number of carbonyl (C=O) groups is 1. The summed E-state index contributed by atoms with van der Waals surface area (Å²) >= 11 is 1.38. The standard InChI is InChI=1S/C18H15FN2OS/c1-21-16(13-5-3-2-4-6-13)11-20-18(21)23-12-17(22)14-7-9-15(19)10-8-14/h2-11H,12H2,1H3. The third kappa shape index (κ3) is 3.51. The number of thioether (sulfide) groups is 1. The Bertz CT molecular complexity index is 813. The van der Waals surface area contributed by atoms with Crippen molar-refractivity contribution in [2.75, 3.05) is 5.75 Å². The van der Waals surface area contributed by atoms with Crippen molar-refractivity contribution in [3.8, 4) is 11.3 Å². The second-order valence-corrected chi connectivity index (χ2v) is 6.01. The Labute approximate surface area is 138 Å². The molecule has 3 aromatic rings. The van der Waals surface area contributed by atoms with Crippen molar-refractivity contribution in [2.24, 2.45) is 7.05 Å². The van der Waals surface area contributed by atoms with Crippen molar-refractivity contribution in [2.45, 2.75) is 5.16 Å². The minimum absolute atomic E-state index is 0.0424. The maximum Gasteiger partial charge on any atom is 0.173 e. The lowest BCUT2D eigenvalue weighted by Gasteiger charge is -2.05. The number of halogens is 1. The fourth-order valence-corrected chi connectivity index (χ4v) is 3.10. The van der Waals surface area contributed by atoms with Crippen LogP contribution in [0.2, 0.25) is 0 Å². The quantitative estimate of drug-likeness (QED) is 0.520. The van der Waals surface area contributed by atoms with Crippen molar-refractivity contribution < 1.29 is 9.18 Å². The molecule has 0 aliphatic carbocycles. The molecule has 1 aromatic heterocycles. The smallest absolute Gasteiger partial charge is 0.173 e. The summed E-state index contributed by atoms with van der Waals surface area (Å²) < 4.78 is 14.9. The Kier molecular flexibility index (Phi) is 4.57. The molecule has 0 fully saturated rings. The summed E-state index contributed by atoms with van der Waals surface area (Å²) in [5, 5.41) is 0.777. The zero-order valence-electron chi connectivity index (χ0n) is 12.6. The molecule has 116 valence electrons. The first-order valence-electron chi connectivity index (χ1n) is 7.14. The van der Waals surface area contributed by atoms with Crippen molar-refractivity contribution in [3.05, 3.63) is 72.2 Å². The third-order valence-electron chi connectivity index (χ3n) is 3.51. The van der Waals surface area contributed by atoms with Crippen LogP contribution in [0.4, 0.5) is 4.39 Å². The molecule has 0 amide bonds. The molecule has 0 saturated carbocycles. The normalized spacial score (nSPS) is 10.7. The lowest BCUT2D eigenvalue weighted by molar-refractivity contribution is 0.102. The van der Waals surface area contributed by atoms with E-state index in [0.29, 0.717) is 5.56 Å². The maximum absolute atomic E-state index is 12.9. The fraction of sp³-hybridized carbons (Fsp3) is 0.111. The summed E-state index contributed by atoms with van der Waals surface area (Å²) in [6.45, 7) is 0. The van der Waals surface area contributed by atoms with Crippen LogP contribution in [0, 0.1) is 5.82 Å². The molecule has 3 rings (SSSR count). The topological polar surface area (TPSA) is 34.9 Å². The van der Waals surface area contributed by atoms with E-state index >= 15 is 0 Å². The minimum Gasteiger partial charge on any atom is -0.322 e. The van der Waals surface area contributed by atoms with E-state index in [2.05, 4.69) is 4.98 Å². The van der Waals surface area contributed by atoms with Crippen LogP contribution in [-0.4, -0.2) is 21.1 Å². The van der Waals surface area contributed by atoms with E-state index in [0.717, 1.165) is 16.4 Å². The van der Waals surface area contributed by atoms with Gasteiger partial charge in [0.05, 0.1) is 17.6 Å². The molecule has 0 saturated heterocycles. The van der Waals surface area contributed by atoms with Crippen LogP contribution in [0.25, 0.3) is 11.3 Å². The Morgan fingerprint density at radius 3 is 2.52 bits per heavy atom. The molecule has 0 bridgehead atoms. The van der Waals surface area contributed by atoms with Crippen LogP contribution in [0.3, 0.4) is 0 Å². The molecular formula is C18H15FN2OS. The number of aromatic nitrogens is 2. The molecule has 0 unspecified atom stereocenters. The van der Waals surface area contributed by atoms with E-state index in [4.69, 9.17) is 0 Å². The number of hydrogen-bond acceptors (Lipinski definition) is 3. The van der Waals surface area contributed by atoms with Gasteiger partial charge in [-0.25, -0.2) is 9.37 Å². The van der Waals surface area contributed by atoms with Gasteiger partial charge in [-0.15, -0.1) is 0 Å². The lowest BCUT2D eigenvalue weighted by Crippen LogP contribution is -2.04. The van der Waals surface area contributed by atoms with Gasteiger partial charge in [0.25, 0.3) is 0 Å². The molecule has 0 N–H and O–H groups in total. The average Bonchev–Trinajstić information content (AvgIpc) is 2.95. The van der Waals surface area contributed by atoms with E-state index in [1.807, 2.05) is 41.9 Å². The monoisotopic (exact) mass is 326 g/mol. The first-order valence-corrected chi connectivity index (χ1v) is 8.12. The molecule has 23 heavy (non-hydrogen) atoms. The van der Waals surface area contributed by atoms with Crippen LogP contribution in [0.5, 0.6) is 0 Å². The number of ketones is 1. The highest BCUT2D eigenvalue weighted by Crippen LogP contribution is 2.25. The Morgan fingerprint density at radius 2 is 1.83 bits per heavy atom. The van der Waals surface area contributed by atoms with Gasteiger partial charge >= 0.3 is 0 Å². The molecule has 2 aromatic carbocycles. The molecular weight excluding hydrogens is 311 g/mol. The summed E-state index contributed by atoms with van der Waals surface area (Å²) in [7, 11) is 1.93. The van der Waals surface area contributed by atoms with Crippen molar-refractivity contribution in [3.63, 3.8) is 0 Å². The zero-order valence-corrected chi connectivity index (χ0v) is 13.4. The second-order valence-electron chi connectivity index (χ2n) is 5.07. The summed E-state index contributed by atoms with van der Waals surface area (Å²) in [4.78, 5) is 16.5. The number of hydrogen-bond donors (Lipinski definition) is 0. The van der Waals surface area contributed by atoms with Gasteiger partial charge in [-0.2, -0.15) is 0 Å².